The minimum absolute atomic E-state index is 0. The van der Waals surface area contributed by atoms with Gasteiger partial charge in [0, 0.05) is 49.4 Å². The van der Waals surface area contributed by atoms with Crippen LogP contribution in [0.15, 0.2) is 51.0 Å². The van der Waals surface area contributed by atoms with Gasteiger partial charge in [-0.2, -0.15) is 0 Å². The van der Waals surface area contributed by atoms with E-state index in [1.165, 1.54) is 11.3 Å². The molecule has 0 bridgehead atoms. The number of carbonyl (C=O) groups excluding carboxylic acids is 1. The van der Waals surface area contributed by atoms with Crippen LogP contribution in [0.3, 0.4) is 0 Å². The topological polar surface area (TPSA) is 131 Å². The number of para-hydroxylation sites is 1. The van der Waals surface area contributed by atoms with Crippen molar-refractivity contribution in [2.45, 2.75) is 0 Å². The van der Waals surface area contributed by atoms with Gasteiger partial charge in [-0.15, -0.1) is 11.3 Å². The fourth-order valence-electron chi connectivity index (χ4n) is 1.86. The Labute approximate surface area is 169 Å². The summed E-state index contributed by atoms with van der Waals surface area (Å²) in [5.41, 5.74) is -0.886. The van der Waals surface area contributed by atoms with Crippen molar-refractivity contribution in [2.24, 2.45) is 0 Å². The first kappa shape index (κ1) is 21.1. The Hall–Kier alpha value is -0.896. The molecule has 0 amide bonds. The third-order valence-electron chi connectivity index (χ3n) is 2.76. The minimum atomic E-state index is -0.824. The molecule has 117 valence electrons. The average Bonchev–Trinajstić information content (AvgIpc) is 2.92. The van der Waals surface area contributed by atoms with Crippen molar-refractivity contribution in [2.75, 3.05) is 0 Å². The average molecular weight is 460 g/mol. The Morgan fingerprint density at radius 2 is 1.77 bits per heavy atom. The molecular weight excluding hydrogens is 448 g/mol. The van der Waals surface area contributed by atoms with E-state index < -0.39 is 11.4 Å². The molecule has 2 heterocycles. The van der Waals surface area contributed by atoms with Crippen LogP contribution in [0.5, 0.6) is 5.75 Å². The molecule has 22 heavy (non-hydrogen) atoms. The second kappa shape index (κ2) is 8.66. The van der Waals surface area contributed by atoms with E-state index in [-0.39, 0.29) is 77.2 Å². The fourth-order valence-corrected chi connectivity index (χ4v) is 2.53. The molecule has 2 aromatic heterocycles. The quantitative estimate of drug-likeness (QED) is 0.454. The SMILES string of the molecule is O.O.O=C(c1cccs1)c1c(O)c2ccccc2oc1=O.[Eu]. The summed E-state index contributed by atoms with van der Waals surface area (Å²) in [4.78, 5) is 24.4. The summed E-state index contributed by atoms with van der Waals surface area (Å²) in [6.45, 7) is 0. The largest absolute Gasteiger partial charge is 0.506 e. The summed E-state index contributed by atoms with van der Waals surface area (Å²) in [5, 5.41) is 12.2. The third kappa shape index (κ3) is 3.71. The number of aromatic hydroxyl groups is 1. The predicted molar refractivity (Wildman–Crippen MR) is 79.1 cm³/mol. The van der Waals surface area contributed by atoms with Crippen LogP contribution < -0.4 is 5.63 Å². The van der Waals surface area contributed by atoms with Gasteiger partial charge < -0.3 is 20.5 Å². The molecule has 0 saturated carbocycles. The van der Waals surface area contributed by atoms with E-state index in [0.717, 1.165) is 0 Å². The maximum absolute atomic E-state index is 12.2. The summed E-state index contributed by atoms with van der Waals surface area (Å²) < 4.78 is 5.06. The zero-order chi connectivity index (χ0) is 13.4. The van der Waals surface area contributed by atoms with Gasteiger partial charge in [-0.3, -0.25) is 4.79 Å². The standard InChI is InChI=1S/C14H8O4S.Eu.2H2O/c15-12-8-4-1-2-5-9(8)18-14(17)11(12)13(16)10-6-3-7-19-10;;;/h1-7,15H;;2*1H2. The maximum Gasteiger partial charge on any atom is 0.351 e. The van der Waals surface area contributed by atoms with Gasteiger partial charge in [0.1, 0.15) is 11.3 Å². The van der Waals surface area contributed by atoms with Crippen molar-refractivity contribution in [1.29, 1.82) is 0 Å². The van der Waals surface area contributed by atoms with Gasteiger partial charge in [-0.25, -0.2) is 4.79 Å². The van der Waals surface area contributed by atoms with Crippen LogP contribution in [-0.4, -0.2) is 21.8 Å². The Balaban J connectivity index is 0.00000147. The number of benzene rings is 1. The molecule has 1 radical (unpaired) electrons. The molecule has 0 saturated heterocycles. The molecule has 0 fully saturated rings. The zero-order valence-corrected chi connectivity index (χ0v) is 14.2. The van der Waals surface area contributed by atoms with Crippen molar-refractivity contribution in [3.63, 3.8) is 0 Å². The predicted octanol–water partition coefficient (Wildman–Crippen LogP) is 1.14. The smallest absolute Gasteiger partial charge is 0.351 e. The molecule has 0 spiro atoms. The first-order valence-corrected chi connectivity index (χ1v) is 6.39. The molecule has 0 atom stereocenters. The molecule has 3 aromatic rings. The van der Waals surface area contributed by atoms with Crippen LogP contribution in [0.2, 0.25) is 0 Å². The Bertz CT molecular complexity index is 825. The number of rotatable bonds is 2. The van der Waals surface area contributed by atoms with Gasteiger partial charge in [-0.05, 0) is 23.6 Å². The van der Waals surface area contributed by atoms with E-state index in [9.17, 15) is 14.7 Å². The summed E-state index contributed by atoms with van der Waals surface area (Å²) in [6.07, 6.45) is 0. The summed E-state index contributed by atoms with van der Waals surface area (Å²) in [6, 6.07) is 9.85. The van der Waals surface area contributed by atoms with Crippen LogP contribution >= 0.6 is 11.3 Å². The summed E-state index contributed by atoms with van der Waals surface area (Å²) in [7, 11) is 0. The van der Waals surface area contributed by atoms with E-state index in [1.54, 1.807) is 41.8 Å². The number of thiophene rings is 1. The van der Waals surface area contributed by atoms with Crippen LogP contribution in [0.4, 0.5) is 0 Å². The van der Waals surface area contributed by atoms with Crippen molar-refractivity contribution in [1.82, 2.24) is 0 Å². The Morgan fingerprint density at radius 3 is 2.41 bits per heavy atom. The number of hydrogen-bond donors (Lipinski definition) is 1. The molecule has 0 aliphatic rings. The second-order valence-electron chi connectivity index (χ2n) is 3.92. The number of hydrogen-bond acceptors (Lipinski definition) is 5. The van der Waals surface area contributed by atoms with E-state index in [0.29, 0.717) is 10.3 Å². The van der Waals surface area contributed by atoms with Gasteiger partial charge >= 0.3 is 5.63 Å². The first-order chi connectivity index (χ1) is 9.18. The van der Waals surface area contributed by atoms with Gasteiger partial charge in [0.2, 0.25) is 5.78 Å². The molecule has 3 rings (SSSR count). The monoisotopic (exact) mass is 461 g/mol. The molecule has 5 N–H and O–H groups in total. The molecule has 8 heteroatoms. The second-order valence-corrected chi connectivity index (χ2v) is 4.86. The first-order valence-electron chi connectivity index (χ1n) is 5.51. The molecule has 0 aliphatic heterocycles. The van der Waals surface area contributed by atoms with Crippen molar-refractivity contribution < 1.29 is 74.6 Å². The van der Waals surface area contributed by atoms with E-state index in [2.05, 4.69) is 0 Å². The Kier molecular flexibility index (Phi) is 8.31. The summed E-state index contributed by atoms with van der Waals surface area (Å²) >= 11 is 1.21. The van der Waals surface area contributed by atoms with E-state index in [1.807, 2.05) is 0 Å². The zero-order valence-electron chi connectivity index (χ0n) is 11.0. The van der Waals surface area contributed by atoms with Gasteiger partial charge in [0.05, 0.1) is 10.3 Å². The van der Waals surface area contributed by atoms with Crippen LogP contribution in [-0.2, 0) is 0 Å². The van der Waals surface area contributed by atoms with Gasteiger partial charge in [-0.1, -0.05) is 18.2 Å². The van der Waals surface area contributed by atoms with Crippen molar-refractivity contribution >= 4 is 28.1 Å². The third-order valence-corrected chi connectivity index (χ3v) is 3.63. The fraction of sp³-hybridized carbons (Fsp3) is 0. The van der Waals surface area contributed by atoms with Crippen LogP contribution in [0.1, 0.15) is 15.2 Å². The van der Waals surface area contributed by atoms with E-state index >= 15 is 0 Å². The van der Waals surface area contributed by atoms with Crippen molar-refractivity contribution in [3.05, 3.63) is 62.6 Å². The molecule has 6 nitrogen and oxygen atoms in total. The van der Waals surface area contributed by atoms with Crippen LogP contribution in [0, 0.1) is 49.4 Å². The Morgan fingerprint density at radius 1 is 1.09 bits per heavy atom. The number of ketones is 1. The summed E-state index contributed by atoms with van der Waals surface area (Å²) in [5.74, 6) is -0.850. The van der Waals surface area contributed by atoms with Gasteiger partial charge in [0.25, 0.3) is 0 Å². The van der Waals surface area contributed by atoms with Crippen molar-refractivity contribution in [3.8, 4) is 5.75 Å². The molecule has 1 aromatic carbocycles. The van der Waals surface area contributed by atoms with Gasteiger partial charge in [0.15, 0.2) is 5.56 Å². The van der Waals surface area contributed by atoms with Crippen LogP contribution in [0.25, 0.3) is 11.0 Å². The number of fused-ring (bicyclic) bond motifs is 1. The van der Waals surface area contributed by atoms with E-state index in [4.69, 9.17) is 4.42 Å². The molecule has 0 aliphatic carbocycles. The normalized spacial score (nSPS) is 9.27. The molecule has 0 unspecified atom stereocenters. The maximum atomic E-state index is 12.2. The molecular formula is C14H12EuO6S. The number of carbonyl (C=O) groups is 1. The minimum Gasteiger partial charge on any atom is -0.506 e.